The molecule has 10 nitrogen and oxygen atoms in total. The molecular formula is C22H27F2N7O3S. The third kappa shape index (κ3) is 4.93. The van der Waals surface area contributed by atoms with Crippen molar-refractivity contribution < 1.29 is 22.3 Å². The average molecular weight is 508 g/mol. The van der Waals surface area contributed by atoms with Crippen LogP contribution in [0.1, 0.15) is 38.1 Å². The Morgan fingerprint density at radius 3 is 2.46 bits per heavy atom. The number of hydrogen-bond donors (Lipinski definition) is 3. The van der Waals surface area contributed by atoms with E-state index in [1.807, 2.05) is 0 Å². The van der Waals surface area contributed by atoms with E-state index in [0.29, 0.717) is 42.9 Å². The summed E-state index contributed by atoms with van der Waals surface area (Å²) in [6.45, 7) is 0.503. The molecule has 1 aromatic carbocycles. The maximum absolute atomic E-state index is 14.4. The van der Waals surface area contributed by atoms with Gasteiger partial charge in [-0.3, -0.25) is 4.57 Å². The summed E-state index contributed by atoms with van der Waals surface area (Å²) in [5.74, 6) is -1.03. The van der Waals surface area contributed by atoms with Crippen LogP contribution in [0.25, 0.3) is 11.2 Å². The number of anilines is 3. The molecule has 0 unspecified atom stereocenters. The monoisotopic (exact) mass is 507 g/mol. The molecule has 5 rings (SSSR count). The van der Waals surface area contributed by atoms with Gasteiger partial charge in [-0.2, -0.15) is 4.98 Å². The number of aliphatic hydroxyl groups excluding tert-OH is 1. The van der Waals surface area contributed by atoms with Crippen LogP contribution in [0.2, 0.25) is 0 Å². The molecule has 188 valence electrons. The summed E-state index contributed by atoms with van der Waals surface area (Å²) in [7, 11) is -3.40. The first-order valence-corrected chi connectivity index (χ1v) is 13.4. The van der Waals surface area contributed by atoms with Crippen LogP contribution in [0.5, 0.6) is 0 Å². The number of halogens is 2. The molecule has 3 aromatic rings. The second kappa shape index (κ2) is 9.28. The number of sulfonamides is 1. The molecule has 0 bridgehead atoms. The highest BCUT2D eigenvalue weighted by atomic mass is 32.2. The van der Waals surface area contributed by atoms with Gasteiger partial charge in [0.25, 0.3) is 0 Å². The lowest BCUT2D eigenvalue weighted by atomic mass is 9.93. The van der Waals surface area contributed by atoms with Crippen LogP contribution in [-0.4, -0.2) is 68.8 Å². The van der Waals surface area contributed by atoms with Gasteiger partial charge in [0.1, 0.15) is 22.8 Å². The molecule has 35 heavy (non-hydrogen) atoms. The van der Waals surface area contributed by atoms with Crippen LogP contribution in [0.4, 0.5) is 26.4 Å². The zero-order valence-electron chi connectivity index (χ0n) is 19.2. The zero-order valence-corrected chi connectivity index (χ0v) is 20.0. The molecule has 2 aliphatic rings. The number of benzene rings is 1. The van der Waals surface area contributed by atoms with Crippen LogP contribution in [0.3, 0.4) is 0 Å². The SMILES string of the molecule is CS(=O)(=O)N1CC[C@@H](n2c(Nc3c(F)cccc3F)nc3cnc(N[C@H]4CC[C@H](O)CC4)nc32)C1. The number of rotatable bonds is 6. The Balaban J connectivity index is 1.53. The Bertz CT molecular complexity index is 1320. The van der Waals surface area contributed by atoms with Crippen LogP contribution in [-0.2, 0) is 10.0 Å². The number of aromatic nitrogens is 4. The van der Waals surface area contributed by atoms with Crippen molar-refractivity contribution in [3.8, 4) is 0 Å². The van der Waals surface area contributed by atoms with E-state index < -0.39 is 21.7 Å². The van der Waals surface area contributed by atoms with Gasteiger partial charge in [0.2, 0.25) is 21.9 Å². The van der Waals surface area contributed by atoms with Gasteiger partial charge >= 0.3 is 0 Å². The van der Waals surface area contributed by atoms with E-state index in [1.165, 1.54) is 16.6 Å². The van der Waals surface area contributed by atoms with E-state index >= 15 is 0 Å². The Morgan fingerprint density at radius 2 is 1.80 bits per heavy atom. The van der Waals surface area contributed by atoms with Gasteiger partial charge in [-0.15, -0.1) is 0 Å². The quantitative estimate of drug-likeness (QED) is 0.465. The lowest BCUT2D eigenvalue weighted by molar-refractivity contribution is 0.126. The molecule has 1 aliphatic carbocycles. The van der Waals surface area contributed by atoms with E-state index in [-0.39, 0.29) is 36.4 Å². The molecule has 1 atom stereocenters. The first-order valence-electron chi connectivity index (χ1n) is 11.5. The minimum absolute atomic E-state index is 0.115. The van der Waals surface area contributed by atoms with Gasteiger partial charge in [-0.1, -0.05) is 6.07 Å². The molecule has 0 spiro atoms. The summed E-state index contributed by atoms with van der Waals surface area (Å²) in [6, 6.07) is 3.32. The van der Waals surface area contributed by atoms with E-state index in [0.717, 1.165) is 31.2 Å². The lowest BCUT2D eigenvalue weighted by Crippen LogP contribution is -2.29. The summed E-state index contributed by atoms with van der Waals surface area (Å²) in [5, 5.41) is 15.8. The lowest BCUT2D eigenvalue weighted by Gasteiger charge is -2.26. The maximum Gasteiger partial charge on any atom is 0.224 e. The number of hydrogen-bond acceptors (Lipinski definition) is 8. The first kappa shape index (κ1) is 23.8. The molecule has 0 amide bonds. The van der Waals surface area contributed by atoms with Crippen molar-refractivity contribution in [3.05, 3.63) is 36.0 Å². The predicted molar refractivity (Wildman–Crippen MR) is 127 cm³/mol. The molecule has 1 saturated carbocycles. The molecule has 3 N–H and O–H groups in total. The van der Waals surface area contributed by atoms with Crippen molar-refractivity contribution in [2.45, 2.75) is 50.3 Å². The van der Waals surface area contributed by atoms with Gasteiger partial charge in [0.15, 0.2) is 5.65 Å². The molecule has 2 aromatic heterocycles. The van der Waals surface area contributed by atoms with Gasteiger partial charge in [-0.05, 0) is 44.2 Å². The minimum atomic E-state index is -3.40. The molecule has 13 heteroatoms. The fourth-order valence-electron chi connectivity index (χ4n) is 4.75. The number of imidazole rings is 1. The summed E-state index contributed by atoms with van der Waals surface area (Å²) in [5.41, 5.74) is 0.485. The van der Waals surface area contributed by atoms with Crippen LogP contribution in [0.15, 0.2) is 24.4 Å². The van der Waals surface area contributed by atoms with Crippen molar-refractivity contribution in [1.82, 2.24) is 23.8 Å². The number of fused-ring (bicyclic) bond motifs is 1. The summed E-state index contributed by atoms with van der Waals surface area (Å²) in [4.78, 5) is 13.5. The standard InChI is InChI=1S/C22H27F2N7O3S/c1-35(33,34)30-10-9-14(12-30)31-20-18(27-22(31)28-19-16(23)3-2-4-17(19)24)11-25-21(29-20)26-13-5-7-15(32)8-6-13/h2-4,11,13-15,32H,5-10,12H2,1H3,(H,27,28)(H,25,26,29)/t13-,14-,15-/m1/s1. The average Bonchev–Trinajstić information content (AvgIpc) is 3.42. The minimum Gasteiger partial charge on any atom is -0.393 e. The Hall–Kier alpha value is -2.90. The summed E-state index contributed by atoms with van der Waals surface area (Å²) < 4.78 is 56.1. The van der Waals surface area contributed by atoms with E-state index in [4.69, 9.17) is 0 Å². The second-order valence-corrected chi connectivity index (χ2v) is 11.1. The van der Waals surface area contributed by atoms with Crippen molar-refractivity contribution >= 4 is 38.8 Å². The van der Waals surface area contributed by atoms with Gasteiger partial charge in [0, 0.05) is 19.1 Å². The first-order chi connectivity index (χ1) is 16.7. The van der Waals surface area contributed by atoms with Crippen molar-refractivity contribution in [3.63, 3.8) is 0 Å². The van der Waals surface area contributed by atoms with Gasteiger partial charge < -0.3 is 15.7 Å². The van der Waals surface area contributed by atoms with E-state index in [1.54, 1.807) is 4.57 Å². The summed E-state index contributed by atoms with van der Waals surface area (Å²) in [6.07, 6.45) is 5.85. The molecule has 1 aliphatic heterocycles. The number of nitrogens with one attached hydrogen (secondary N) is 2. The zero-order chi connectivity index (χ0) is 24.7. The van der Waals surface area contributed by atoms with Crippen LogP contribution < -0.4 is 10.6 Å². The van der Waals surface area contributed by atoms with Gasteiger partial charge in [-0.25, -0.2) is 31.5 Å². The molecule has 0 radical (unpaired) electrons. The van der Waals surface area contributed by atoms with Crippen LogP contribution in [0, 0.1) is 11.6 Å². The third-order valence-electron chi connectivity index (χ3n) is 6.62. The largest absolute Gasteiger partial charge is 0.393 e. The molecule has 1 saturated heterocycles. The molecular weight excluding hydrogens is 480 g/mol. The fraction of sp³-hybridized carbons (Fsp3) is 0.500. The highest BCUT2D eigenvalue weighted by Crippen LogP contribution is 2.33. The van der Waals surface area contributed by atoms with Crippen molar-refractivity contribution in [1.29, 1.82) is 0 Å². The maximum atomic E-state index is 14.4. The normalized spacial score (nSPS) is 23.6. The number of nitrogens with zero attached hydrogens (tertiary/aromatic N) is 5. The second-order valence-electron chi connectivity index (χ2n) is 9.14. The molecule has 3 heterocycles. The highest BCUT2D eigenvalue weighted by molar-refractivity contribution is 7.88. The van der Waals surface area contributed by atoms with Crippen LogP contribution >= 0.6 is 0 Å². The molecule has 2 fully saturated rings. The van der Waals surface area contributed by atoms with Gasteiger partial charge in [0.05, 0.1) is 24.6 Å². The Kier molecular flexibility index (Phi) is 6.32. The van der Waals surface area contributed by atoms with Crippen molar-refractivity contribution in [2.24, 2.45) is 0 Å². The highest BCUT2D eigenvalue weighted by Gasteiger charge is 2.33. The summed E-state index contributed by atoms with van der Waals surface area (Å²) >= 11 is 0. The Labute approximate surface area is 201 Å². The Morgan fingerprint density at radius 1 is 1.09 bits per heavy atom. The fourth-order valence-corrected chi connectivity index (χ4v) is 5.63. The van der Waals surface area contributed by atoms with Crippen molar-refractivity contribution in [2.75, 3.05) is 30.0 Å². The number of aliphatic hydroxyl groups is 1. The predicted octanol–water partition coefficient (Wildman–Crippen LogP) is 2.77. The van der Waals surface area contributed by atoms with E-state index in [2.05, 4.69) is 25.6 Å². The van der Waals surface area contributed by atoms with E-state index in [9.17, 15) is 22.3 Å². The topological polar surface area (TPSA) is 125 Å². The smallest absolute Gasteiger partial charge is 0.224 e. The number of para-hydroxylation sites is 1. The third-order valence-corrected chi connectivity index (χ3v) is 7.89.